The van der Waals surface area contributed by atoms with Gasteiger partial charge in [0.05, 0.1) is 11.8 Å². The average molecular weight is 211 g/mol. The minimum atomic E-state index is -0.302. The first-order valence-corrected chi connectivity index (χ1v) is 4.96. The maximum absolute atomic E-state index is 11.5. The number of carbonyl (C=O) groups is 1. The Balaban J connectivity index is 2.94. The van der Waals surface area contributed by atoms with E-state index in [9.17, 15) is 9.90 Å². The van der Waals surface area contributed by atoms with Crippen LogP contribution >= 0.6 is 0 Å². The molecule has 5 nitrogen and oxygen atoms in total. The molecule has 1 amide bonds. The van der Waals surface area contributed by atoms with Gasteiger partial charge in [-0.2, -0.15) is 5.10 Å². The molecule has 1 aliphatic heterocycles. The molecule has 15 heavy (non-hydrogen) atoms. The molecule has 0 aliphatic carbocycles. The van der Waals surface area contributed by atoms with Crippen LogP contribution < -0.4 is 11.2 Å². The summed E-state index contributed by atoms with van der Waals surface area (Å²) in [6.45, 7) is 5.66. The minimum Gasteiger partial charge on any atom is -0.509 e. The first-order valence-electron chi connectivity index (χ1n) is 4.96. The molecule has 0 aromatic rings. The van der Waals surface area contributed by atoms with Crippen molar-refractivity contribution in [3.8, 4) is 0 Å². The van der Waals surface area contributed by atoms with Gasteiger partial charge in [-0.05, 0) is 19.3 Å². The van der Waals surface area contributed by atoms with Crippen LogP contribution in [0.15, 0.2) is 16.4 Å². The maximum atomic E-state index is 11.5. The van der Waals surface area contributed by atoms with E-state index >= 15 is 0 Å². The molecule has 1 rings (SSSR count). The fraction of sp³-hybridized carbons (Fsp3) is 0.600. The number of rotatable bonds is 3. The standard InChI is InChI=1S/C10H17N3O2/c1-5(2)4-7-9(14)8(6(3)13-11)10(15)12-7/h5,7,14H,4,11H2,1-3H3,(H,12,15)/b13-6+. The van der Waals surface area contributed by atoms with Crippen molar-refractivity contribution in [2.24, 2.45) is 16.9 Å². The van der Waals surface area contributed by atoms with E-state index in [1.807, 2.05) is 13.8 Å². The summed E-state index contributed by atoms with van der Waals surface area (Å²) in [7, 11) is 0. The van der Waals surface area contributed by atoms with Crippen LogP contribution in [0.25, 0.3) is 0 Å². The SMILES string of the molecule is C/C(=N\N)C1=C(O)C(CC(C)C)NC1=O. The molecule has 1 atom stereocenters. The van der Waals surface area contributed by atoms with Crippen LogP contribution in [0.2, 0.25) is 0 Å². The third kappa shape index (κ3) is 2.29. The van der Waals surface area contributed by atoms with E-state index in [1.165, 1.54) is 0 Å². The number of amides is 1. The van der Waals surface area contributed by atoms with Crippen molar-refractivity contribution in [2.75, 3.05) is 0 Å². The summed E-state index contributed by atoms with van der Waals surface area (Å²) in [6, 6.07) is -0.302. The molecule has 1 unspecified atom stereocenters. The fourth-order valence-electron chi connectivity index (χ4n) is 1.65. The van der Waals surface area contributed by atoms with Crippen molar-refractivity contribution in [3.63, 3.8) is 0 Å². The van der Waals surface area contributed by atoms with Gasteiger partial charge in [0.2, 0.25) is 0 Å². The van der Waals surface area contributed by atoms with E-state index in [0.717, 1.165) is 0 Å². The zero-order valence-corrected chi connectivity index (χ0v) is 9.24. The van der Waals surface area contributed by atoms with Gasteiger partial charge in [-0.15, -0.1) is 0 Å². The number of carbonyl (C=O) groups excluding carboxylic acids is 1. The number of nitrogens with two attached hydrogens (primary N) is 1. The number of hydrogen-bond donors (Lipinski definition) is 3. The number of hydrogen-bond acceptors (Lipinski definition) is 4. The lowest BCUT2D eigenvalue weighted by Crippen LogP contribution is -2.30. The first-order chi connectivity index (χ1) is 6.97. The second-order valence-corrected chi connectivity index (χ2v) is 4.13. The third-order valence-electron chi connectivity index (χ3n) is 2.38. The molecule has 1 heterocycles. The lowest BCUT2D eigenvalue weighted by atomic mass is 10.0. The van der Waals surface area contributed by atoms with Crippen LogP contribution in [0.4, 0.5) is 0 Å². The molecule has 84 valence electrons. The van der Waals surface area contributed by atoms with E-state index in [0.29, 0.717) is 18.1 Å². The molecule has 0 spiro atoms. The van der Waals surface area contributed by atoms with Crippen molar-refractivity contribution in [2.45, 2.75) is 33.2 Å². The molecule has 0 fully saturated rings. The highest BCUT2D eigenvalue weighted by atomic mass is 16.3. The smallest absolute Gasteiger partial charge is 0.257 e. The van der Waals surface area contributed by atoms with Crippen molar-refractivity contribution in [1.82, 2.24) is 5.32 Å². The van der Waals surface area contributed by atoms with E-state index in [4.69, 9.17) is 5.84 Å². The molecule has 0 aromatic carbocycles. The average Bonchev–Trinajstić information content (AvgIpc) is 2.40. The van der Waals surface area contributed by atoms with Gasteiger partial charge < -0.3 is 16.3 Å². The Morgan fingerprint density at radius 3 is 2.73 bits per heavy atom. The number of hydrazone groups is 1. The van der Waals surface area contributed by atoms with Gasteiger partial charge >= 0.3 is 0 Å². The highest BCUT2D eigenvalue weighted by Crippen LogP contribution is 2.21. The van der Waals surface area contributed by atoms with Crippen molar-refractivity contribution in [1.29, 1.82) is 0 Å². The molecule has 0 saturated carbocycles. The van der Waals surface area contributed by atoms with Crippen LogP contribution in [0.1, 0.15) is 27.2 Å². The van der Waals surface area contributed by atoms with Crippen LogP contribution in [0.3, 0.4) is 0 Å². The Labute approximate surface area is 89.0 Å². The van der Waals surface area contributed by atoms with E-state index in [-0.39, 0.29) is 23.3 Å². The number of aliphatic hydroxyl groups excluding tert-OH is 1. The summed E-state index contributed by atoms with van der Waals surface area (Å²) < 4.78 is 0. The molecule has 5 heteroatoms. The molecular formula is C10H17N3O2. The molecule has 0 radical (unpaired) electrons. The van der Waals surface area contributed by atoms with E-state index < -0.39 is 0 Å². The summed E-state index contributed by atoms with van der Waals surface area (Å²) in [4.78, 5) is 11.5. The van der Waals surface area contributed by atoms with Gasteiger partial charge in [0, 0.05) is 0 Å². The van der Waals surface area contributed by atoms with Crippen molar-refractivity contribution >= 4 is 11.6 Å². The number of aliphatic hydroxyl groups is 1. The van der Waals surface area contributed by atoms with Crippen LogP contribution in [0.5, 0.6) is 0 Å². The highest BCUT2D eigenvalue weighted by Gasteiger charge is 2.33. The molecule has 0 saturated heterocycles. The number of nitrogens with zero attached hydrogens (tertiary/aromatic N) is 1. The van der Waals surface area contributed by atoms with Crippen LogP contribution in [-0.4, -0.2) is 22.8 Å². The monoisotopic (exact) mass is 211 g/mol. The minimum absolute atomic E-state index is 0.0559. The van der Waals surface area contributed by atoms with Crippen molar-refractivity contribution in [3.05, 3.63) is 11.3 Å². The lowest BCUT2D eigenvalue weighted by molar-refractivity contribution is -0.116. The molecule has 1 aliphatic rings. The topological polar surface area (TPSA) is 87.7 Å². The summed E-state index contributed by atoms with van der Waals surface area (Å²) >= 11 is 0. The largest absolute Gasteiger partial charge is 0.509 e. The Morgan fingerprint density at radius 1 is 1.67 bits per heavy atom. The van der Waals surface area contributed by atoms with Gasteiger partial charge in [-0.25, -0.2) is 0 Å². The molecule has 0 bridgehead atoms. The van der Waals surface area contributed by atoms with Gasteiger partial charge in [0.25, 0.3) is 5.91 Å². The predicted molar refractivity (Wildman–Crippen MR) is 58.3 cm³/mol. The zero-order chi connectivity index (χ0) is 11.6. The van der Waals surface area contributed by atoms with Gasteiger partial charge in [0.1, 0.15) is 11.3 Å². The predicted octanol–water partition coefficient (Wildman–Crippen LogP) is 0.678. The molecule has 4 N–H and O–H groups in total. The fourth-order valence-corrected chi connectivity index (χ4v) is 1.65. The highest BCUT2D eigenvalue weighted by molar-refractivity contribution is 6.22. The van der Waals surface area contributed by atoms with Gasteiger partial charge in [-0.1, -0.05) is 13.8 Å². The molecule has 0 aromatic heterocycles. The number of nitrogens with one attached hydrogen (secondary N) is 1. The Bertz CT molecular complexity index is 332. The second kappa shape index (κ2) is 4.33. The van der Waals surface area contributed by atoms with Crippen LogP contribution in [-0.2, 0) is 4.79 Å². The quantitative estimate of drug-likeness (QED) is 0.364. The zero-order valence-electron chi connectivity index (χ0n) is 9.24. The Hall–Kier alpha value is -1.52. The summed E-state index contributed by atoms with van der Waals surface area (Å²) in [5.74, 6) is 5.24. The summed E-state index contributed by atoms with van der Waals surface area (Å²) in [5, 5.41) is 16.0. The first kappa shape index (κ1) is 11.6. The van der Waals surface area contributed by atoms with Gasteiger partial charge in [0.15, 0.2) is 0 Å². The van der Waals surface area contributed by atoms with E-state index in [1.54, 1.807) is 6.92 Å². The normalized spacial score (nSPS) is 22.5. The second-order valence-electron chi connectivity index (χ2n) is 4.13. The van der Waals surface area contributed by atoms with Crippen molar-refractivity contribution < 1.29 is 9.90 Å². The third-order valence-corrected chi connectivity index (χ3v) is 2.38. The Morgan fingerprint density at radius 2 is 2.27 bits per heavy atom. The van der Waals surface area contributed by atoms with Crippen LogP contribution in [0, 0.1) is 5.92 Å². The lowest BCUT2D eigenvalue weighted by Gasteiger charge is -2.12. The van der Waals surface area contributed by atoms with E-state index in [2.05, 4.69) is 10.4 Å². The maximum Gasteiger partial charge on any atom is 0.257 e. The molecular weight excluding hydrogens is 194 g/mol. The summed E-state index contributed by atoms with van der Waals surface area (Å²) in [5.41, 5.74) is 0.569. The van der Waals surface area contributed by atoms with Gasteiger partial charge in [-0.3, -0.25) is 4.79 Å². The summed E-state index contributed by atoms with van der Waals surface area (Å²) in [6.07, 6.45) is 0.707. The Kier molecular flexibility index (Phi) is 3.34.